The first-order chi connectivity index (χ1) is 11.1. The van der Waals surface area contributed by atoms with E-state index in [2.05, 4.69) is 5.10 Å². The van der Waals surface area contributed by atoms with Gasteiger partial charge in [-0.25, -0.2) is 5.01 Å². The summed E-state index contributed by atoms with van der Waals surface area (Å²) in [5.41, 5.74) is 1.81. The molecule has 0 fully saturated rings. The minimum atomic E-state index is -0.0566. The molecule has 0 aliphatic carbocycles. The Labute approximate surface area is 139 Å². The molecule has 2 aromatic rings. The number of methoxy groups -OCH3 is 2. The highest BCUT2D eigenvalue weighted by Gasteiger charge is 2.32. The Morgan fingerprint density at radius 3 is 2.65 bits per heavy atom. The fraction of sp³-hybridized carbons (Fsp3) is 0.294. The van der Waals surface area contributed by atoms with E-state index in [1.165, 1.54) is 0 Å². The molecule has 1 amide bonds. The summed E-state index contributed by atoms with van der Waals surface area (Å²) in [5.74, 6) is 1.27. The van der Waals surface area contributed by atoms with Crippen LogP contribution in [-0.4, -0.2) is 30.8 Å². The van der Waals surface area contributed by atoms with Gasteiger partial charge < -0.3 is 9.47 Å². The summed E-state index contributed by atoms with van der Waals surface area (Å²) in [7, 11) is 3.21. The van der Waals surface area contributed by atoms with Crippen molar-refractivity contribution >= 4 is 23.0 Å². The summed E-state index contributed by atoms with van der Waals surface area (Å²) in [6.07, 6.45) is 0.690. The number of carbonyl (C=O) groups is 1. The zero-order valence-electron chi connectivity index (χ0n) is 13.3. The van der Waals surface area contributed by atoms with Crippen molar-refractivity contribution in [3.05, 3.63) is 46.2 Å². The van der Waals surface area contributed by atoms with Crippen molar-refractivity contribution < 1.29 is 14.3 Å². The normalized spacial score (nSPS) is 17.1. The van der Waals surface area contributed by atoms with E-state index in [9.17, 15) is 4.79 Å². The first-order valence-electron chi connectivity index (χ1n) is 7.27. The van der Waals surface area contributed by atoms with E-state index in [0.717, 1.165) is 16.2 Å². The van der Waals surface area contributed by atoms with Crippen LogP contribution in [0.3, 0.4) is 0 Å². The van der Waals surface area contributed by atoms with Gasteiger partial charge in [0.15, 0.2) is 11.5 Å². The average Bonchev–Trinajstić information content (AvgIpc) is 3.22. The number of ether oxygens (including phenoxy) is 2. The second-order valence-corrected chi connectivity index (χ2v) is 6.19. The molecule has 3 rings (SSSR count). The molecule has 1 aliphatic heterocycles. The van der Waals surface area contributed by atoms with Gasteiger partial charge in [0, 0.05) is 23.8 Å². The quantitative estimate of drug-likeness (QED) is 0.862. The molecule has 1 aromatic heterocycles. The van der Waals surface area contributed by atoms with Crippen LogP contribution in [0.4, 0.5) is 0 Å². The molecule has 5 nitrogen and oxygen atoms in total. The smallest absolute Gasteiger partial charge is 0.240 e. The van der Waals surface area contributed by atoms with Gasteiger partial charge >= 0.3 is 0 Å². The number of rotatable bonds is 4. The fourth-order valence-electron chi connectivity index (χ4n) is 2.69. The molecule has 0 N–H and O–H groups in total. The van der Waals surface area contributed by atoms with Crippen LogP contribution in [-0.2, 0) is 4.79 Å². The molecule has 0 unspecified atom stereocenters. The van der Waals surface area contributed by atoms with E-state index in [1.54, 1.807) is 37.5 Å². The first kappa shape index (κ1) is 15.6. The Bertz CT molecular complexity index is 740. The molecule has 0 saturated heterocycles. The lowest BCUT2D eigenvalue weighted by Crippen LogP contribution is -2.23. The third-order valence-corrected chi connectivity index (χ3v) is 4.79. The van der Waals surface area contributed by atoms with E-state index in [0.29, 0.717) is 17.9 Å². The van der Waals surface area contributed by atoms with E-state index < -0.39 is 0 Å². The van der Waals surface area contributed by atoms with E-state index in [-0.39, 0.29) is 11.9 Å². The molecule has 2 heterocycles. The van der Waals surface area contributed by atoms with Crippen molar-refractivity contribution in [1.82, 2.24) is 5.01 Å². The second-order valence-electron chi connectivity index (χ2n) is 5.22. The number of amides is 1. The molecular weight excluding hydrogens is 312 g/mol. The van der Waals surface area contributed by atoms with Gasteiger partial charge in [-0.05, 0) is 29.6 Å². The van der Waals surface area contributed by atoms with E-state index in [4.69, 9.17) is 9.47 Å². The summed E-state index contributed by atoms with van der Waals surface area (Å²) in [6, 6.07) is 9.69. The number of hydrazone groups is 1. The van der Waals surface area contributed by atoms with Gasteiger partial charge in [-0.15, -0.1) is 11.3 Å². The maximum Gasteiger partial charge on any atom is 0.240 e. The topological polar surface area (TPSA) is 51.1 Å². The summed E-state index contributed by atoms with van der Waals surface area (Å²) in [6.45, 7) is 1.54. The second kappa shape index (κ2) is 6.42. The highest BCUT2D eigenvalue weighted by molar-refractivity contribution is 7.10. The van der Waals surface area contributed by atoms with Crippen LogP contribution in [0.2, 0.25) is 0 Å². The van der Waals surface area contributed by atoms with Crippen LogP contribution >= 0.6 is 11.3 Å². The van der Waals surface area contributed by atoms with Gasteiger partial charge in [0.1, 0.15) is 0 Å². The minimum Gasteiger partial charge on any atom is -0.493 e. The van der Waals surface area contributed by atoms with Crippen molar-refractivity contribution in [2.45, 2.75) is 19.4 Å². The molecule has 1 aliphatic rings. The van der Waals surface area contributed by atoms with Gasteiger partial charge in [0.25, 0.3) is 0 Å². The Morgan fingerprint density at radius 1 is 1.26 bits per heavy atom. The summed E-state index contributed by atoms with van der Waals surface area (Å²) >= 11 is 1.64. The Balaban J connectivity index is 1.94. The van der Waals surface area contributed by atoms with E-state index in [1.807, 2.05) is 35.7 Å². The Morgan fingerprint density at radius 2 is 2.04 bits per heavy atom. The first-order valence-corrected chi connectivity index (χ1v) is 8.15. The number of benzene rings is 1. The highest BCUT2D eigenvalue weighted by atomic mass is 32.1. The monoisotopic (exact) mass is 330 g/mol. The molecule has 1 aromatic carbocycles. The van der Waals surface area contributed by atoms with Crippen molar-refractivity contribution in [1.29, 1.82) is 0 Å². The van der Waals surface area contributed by atoms with Crippen molar-refractivity contribution in [3.8, 4) is 11.5 Å². The Kier molecular flexibility index (Phi) is 4.34. The molecular formula is C17H18N2O3S. The van der Waals surface area contributed by atoms with Crippen LogP contribution in [0.1, 0.15) is 29.8 Å². The molecule has 0 bridgehead atoms. The van der Waals surface area contributed by atoms with Crippen LogP contribution in [0.5, 0.6) is 11.5 Å². The molecule has 1 atom stereocenters. The van der Waals surface area contributed by atoms with Gasteiger partial charge in [-0.3, -0.25) is 4.79 Å². The fourth-order valence-corrected chi connectivity index (χ4v) is 3.51. The summed E-state index contributed by atoms with van der Waals surface area (Å²) in [5, 5.41) is 8.12. The zero-order chi connectivity index (χ0) is 16.4. The number of thiophene rings is 1. The average molecular weight is 330 g/mol. The molecule has 23 heavy (non-hydrogen) atoms. The van der Waals surface area contributed by atoms with Crippen LogP contribution in [0.25, 0.3) is 0 Å². The highest BCUT2D eigenvalue weighted by Crippen LogP contribution is 2.36. The molecule has 120 valence electrons. The lowest BCUT2D eigenvalue weighted by Gasteiger charge is -2.18. The third kappa shape index (κ3) is 2.94. The van der Waals surface area contributed by atoms with Gasteiger partial charge in [0.2, 0.25) is 5.91 Å². The number of carbonyl (C=O) groups excluding carboxylic acids is 1. The van der Waals surface area contributed by atoms with Gasteiger partial charge in [-0.2, -0.15) is 5.10 Å². The predicted octanol–water partition coefficient (Wildman–Crippen LogP) is 3.46. The lowest BCUT2D eigenvalue weighted by atomic mass is 10.0. The summed E-state index contributed by atoms with van der Waals surface area (Å²) in [4.78, 5) is 13.1. The molecule has 0 spiro atoms. The Hall–Kier alpha value is -2.34. The predicted molar refractivity (Wildman–Crippen MR) is 90.3 cm³/mol. The largest absolute Gasteiger partial charge is 0.493 e. The van der Waals surface area contributed by atoms with Crippen molar-refractivity contribution in [2.75, 3.05) is 14.2 Å². The van der Waals surface area contributed by atoms with Crippen molar-refractivity contribution in [2.24, 2.45) is 5.10 Å². The lowest BCUT2D eigenvalue weighted by molar-refractivity contribution is -0.130. The molecule has 0 radical (unpaired) electrons. The third-order valence-electron chi connectivity index (χ3n) is 3.82. The molecule has 0 saturated carbocycles. The van der Waals surface area contributed by atoms with Crippen molar-refractivity contribution in [3.63, 3.8) is 0 Å². The molecule has 6 heteroatoms. The standard InChI is InChI=1S/C17H18N2O3S/c1-11(20)19-14(17-5-4-8-23-17)10-13(18-19)12-6-7-15(21-2)16(9-12)22-3/h4-9,14H,10H2,1-3H3/t14-/m0/s1. The van der Waals surface area contributed by atoms with E-state index >= 15 is 0 Å². The SMILES string of the molecule is COc1ccc(C2=NN(C(C)=O)[C@H](c3cccs3)C2)cc1OC. The van der Waals surface area contributed by atoms with Crippen LogP contribution in [0, 0.1) is 0 Å². The number of hydrogen-bond donors (Lipinski definition) is 0. The summed E-state index contributed by atoms with van der Waals surface area (Å²) < 4.78 is 10.6. The van der Waals surface area contributed by atoms with Gasteiger partial charge in [-0.1, -0.05) is 6.07 Å². The maximum absolute atomic E-state index is 11.9. The maximum atomic E-state index is 11.9. The van der Waals surface area contributed by atoms with Crippen LogP contribution < -0.4 is 9.47 Å². The number of hydrogen-bond acceptors (Lipinski definition) is 5. The number of nitrogens with zero attached hydrogens (tertiary/aromatic N) is 2. The zero-order valence-corrected chi connectivity index (χ0v) is 14.1. The minimum absolute atomic E-state index is 0.0319. The van der Waals surface area contributed by atoms with Crippen LogP contribution in [0.15, 0.2) is 40.8 Å². The van der Waals surface area contributed by atoms with Gasteiger partial charge in [0.05, 0.1) is 26.0 Å².